The molecule has 1 aromatic carbocycles. The van der Waals surface area contributed by atoms with E-state index in [1.54, 1.807) is 37.5 Å². The minimum Gasteiger partial charge on any atom is -0.317 e. The summed E-state index contributed by atoms with van der Waals surface area (Å²) in [6.45, 7) is 0. The van der Waals surface area contributed by atoms with Gasteiger partial charge in [-0.25, -0.2) is 0 Å². The number of carbonyl (C=O) groups excluding carboxylic acids is 1. The highest BCUT2D eigenvalue weighted by Gasteiger charge is 2.08. The van der Waals surface area contributed by atoms with Crippen LogP contribution in [0.4, 0.5) is 5.69 Å². The number of nitro benzene ring substituents is 1. The minimum absolute atomic E-state index is 0.0365. The van der Waals surface area contributed by atoms with Crippen molar-refractivity contribution in [1.82, 2.24) is 14.3 Å². The Morgan fingerprint density at radius 3 is 2.58 bits per heavy atom. The summed E-state index contributed by atoms with van der Waals surface area (Å²) in [6.07, 6.45) is 6.58. The average molecular weight is 322 g/mol. The van der Waals surface area contributed by atoms with Gasteiger partial charge in [0.2, 0.25) is 5.78 Å². The number of allylic oxidation sites excluding steroid dienone is 1. The van der Waals surface area contributed by atoms with Crippen LogP contribution in [0.25, 0.3) is 11.8 Å². The molecule has 7 nitrogen and oxygen atoms in total. The predicted octanol–water partition coefficient (Wildman–Crippen LogP) is 3.02. The number of benzene rings is 1. The van der Waals surface area contributed by atoms with Gasteiger partial charge in [0.05, 0.1) is 4.92 Å². The summed E-state index contributed by atoms with van der Waals surface area (Å²) >= 11 is 0. The van der Waals surface area contributed by atoms with Crippen LogP contribution in [-0.4, -0.2) is 25.1 Å². The Morgan fingerprint density at radius 2 is 1.96 bits per heavy atom. The molecule has 0 saturated heterocycles. The molecule has 0 spiro atoms. The zero-order valence-corrected chi connectivity index (χ0v) is 12.9. The van der Waals surface area contributed by atoms with Gasteiger partial charge in [-0.1, -0.05) is 0 Å². The van der Waals surface area contributed by atoms with Crippen molar-refractivity contribution in [1.29, 1.82) is 0 Å². The van der Waals surface area contributed by atoms with Gasteiger partial charge in [0, 0.05) is 43.0 Å². The number of nitrogens with zero attached hydrogens (tertiary/aromatic N) is 4. The number of hydrogen-bond acceptors (Lipinski definition) is 4. The Labute approximate surface area is 137 Å². The second-order valence-electron chi connectivity index (χ2n) is 5.11. The topological polar surface area (TPSA) is 83.0 Å². The Kier molecular flexibility index (Phi) is 4.07. The number of aryl methyl sites for hydroxylation is 1. The first-order chi connectivity index (χ1) is 11.6. The van der Waals surface area contributed by atoms with E-state index >= 15 is 0 Å². The molecule has 24 heavy (non-hydrogen) atoms. The maximum absolute atomic E-state index is 12.2. The first kappa shape index (κ1) is 15.4. The standard InChI is InChI=1S/C17H14N4O3/c1-19-16(10-11-18-19)17(22)9-8-13-3-2-12-20(13)14-4-6-15(7-5-14)21(23)24/h2-12H,1H3/b9-8+. The number of ketones is 1. The SMILES string of the molecule is Cn1nccc1C(=O)/C=C/c1cccn1-c1ccc([N+](=O)[O-])cc1. The van der Waals surface area contributed by atoms with Gasteiger partial charge in [-0.2, -0.15) is 5.10 Å². The molecule has 0 N–H and O–H groups in total. The summed E-state index contributed by atoms with van der Waals surface area (Å²) in [5, 5.41) is 14.7. The van der Waals surface area contributed by atoms with Crippen molar-refractivity contribution in [3.63, 3.8) is 0 Å². The lowest BCUT2D eigenvalue weighted by Crippen LogP contribution is -2.04. The second kappa shape index (κ2) is 6.33. The fraction of sp³-hybridized carbons (Fsp3) is 0.0588. The van der Waals surface area contributed by atoms with Crippen molar-refractivity contribution in [2.75, 3.05) is 0 Å². The highest BCUT2D eigenvalue weighted by molar-refractivity contribution is 6.05. The van der Waals surface area contributed by atoms with Crippen LogP contribution in [0.1, 0.15) is 16.2 Å². The van der Waals surface area contributed by atoms with Crippen LogP contribution in [0.2, 0.25) is 0 Å². The van der Waals surface area contributed by atoms with E-state index in [0.29, 0.717) is 5.69 Å². The highest BCUT2D eigenvalue weighted by atomic mass is 16.6. The van der Waals surface area contributed by atoms with E-state index < -0.39 is 4.92 Å². The largest absolute Gasteiger partial charge is 0.317 e. The number of rotatable bonds is 5. The zero-order valence-electron chi connectivity index (χ0n) is 12.9. The van der Waals surface area contributed by atoms with Gasteiger partial charge in [-0.3, -0.25) is 19.6 Å². The quantitative estimate of drug-likeness (QED) is 0.313. The molecule has 0 saturated carbocycles. The Hall–Kier alpha value is -3.48. The smallest absolute Gasteiger partial charge is 0.269 e. The maximum atomic E-state index is 12.2. The third-order valence-corrected chi connectivity index (χ3v) is 3.60. The van der Waals surface area contributed by atoms with Crippen molar-refractivity contribution in [2.45, 2.75) is 0 Å². The van der Waals surface area contributed by atoms with Crippen LogP contribution >= 0.6 is 0 Å². The van der Waals surface area contributed by atoms with E-state index in [0.717, 1.165) is 11.4 Å². The van der Waals surface area contributed by atoms with Gasteiger partial charge in [-0.05, 0) is 42.5 Å². The fourth-order valence-electron chi connectivity index (χ4n) is 2.36. The van der Waals surface area contributed by atoms with Crippen molar-refractivity contribution in [2.24, 2.45) is 7.05 Å². The molecular formula is C17H14N4O3. The normalized spacial score (nSPS) is 11.0. The molecule has 7 heteroatoms. The number of carbonyl (C=O) groups is 1. The van der Waals surface area contributed by atoms with Crippen molar-refractivity contribution >= 4 is 17.5 Å². The molecule has 0 aliphatic rings. The molecule has 0 radical (unpaired) electrons. The molecule has 2 heterocycles. The van der Waals surface area contributed by atoms with E-state index in [1.807, 2.05) is 22.9 Å². The van der Waals surface area contributed by atoms with Gasteiger partial charge in [0.25, 0.3) is 5.69 Å². The summed E-state index contributed by atoms with van der Waals surface area (Å²) in [5.41, 5.74) is 2.10. The molecule has 3 aromatic rings. The van der Waals surface area contributed by atoms with Gasteiger partial charge in [0.15, 0.2) is 0 Å². The lowest BCUT2D eigenvalue weighted by molar-refractivity contribution is -0.384. The van der Waals surface area contributed by atoms with Gasteiger partial charge in [0.1, 0.15) is 5.69 Å². The summed E-state index contributed by atoms with van der Waals surface area (Å²) < 4.78 is 3.36. The Bertz CT molecular complexity index is 919. The van der Waals surface area contributed by atoms with Crippen molar-refractivity contribution in [3.05, 3.63) is 82.4 Å². The first-order valence-electron chi connectivity index (χ1n) is 7.19. The Morgan fingerprint density at radius 1 is 1.21 bits per heavy atom. The molecule has 120 valence electrons. The first-order valence-corrected chi connectivity index (χ1v) is 7.19. The molecule has 0 bridgehead atoms. The van der Waals surface area contributed by atoms with E-state index in [4.69, 9.17) is 0 Å². The zero-order chi connectivity index (χ0) is 17.1. The highest BCUT2D eigenvalue weighted by Crippen LogP contribution is 2.18. The summed E-state index contributed by atoms with van der Waals surface area (Å²) in [4.78, 5) is 22.4. The van der Waals surface area contributed by atoms with E-state index in [1.165, 1.54) is 22.9 Å². The number of non-ortho nitro benzene ring substituents is 1. The van der Waals surface area contributed by atoms with Crippen LogP contribution in [0.15, 0.2) is 60.9 Å². The Balaban J connectivity index is 1.85. The molecule has 2 aromatic heterocycles. The van der Waals surface area contributed by atoms with E-state index in [-0.39, 0.29) is 11.5 Å². The van der Waals surface area contributed by atoms with Crippen LogP contribution in [0, 0.1) is 10.1 Å². The van der Waals surface area contributed by atoms with E-state index in [2.05, 4.69) is 5.10 Å². The second-order valence-corrected chi connectivity index (χ2v) is 5.11. The molecule has 0 aliphatic heterocycles. The third-order valence-electron chi connectivity index (χ3n) is 3.60. The molecule has 0 aliphatic carbocycles. The lowest BCUT2D eigenvalue weighted by Gasteiger charge is -2.06. The maximum Gasteiger partial charge on any atom is 0.269 e. The monoisotopic (exact) mass is 322 g/mol. The number of nitro groups is 1. The molecule has 0 atom stereocenters. The molecular weight excluding hydrogens is 308 g/mol. The average Bonchev–Trinajstić information content (AvgIpc) is 3.21. The van der Waals surface area contributed by atoms with Crippen molar-refractivity contribution in [3.8, 4) is 5.69 Å². The summed E-state index contributed by atoms with van der Waals surface area (Å²) in [7, 11) is 1.71. The van der Waals surface area contributed by atoms with Gasteiger partial charge < -0.3 is 4.57 Å². The van der Waals surface area contributed by atoms with Crippen LogP contribution in [0.3, 0.4) is 0 Å². The van der Waals surface area contributed by atoms with Gasteiger partial charge in [-0.15, -0.1) is 0 Å². The van der Waals surface area contributed by atoms with Crippen molar-refractivity contribution < 1.29 is 9.72 Å². The molecule has 0 amide bonds. The van der Waals surface area contributed by atoms with Crippen LogP contribution in [0.5, 0.6) is 0 Å². The molecule has 0 fully saturated rings. The van der Waals surface area contributed by atoms with Crippen LogP contribution in [-0.2, 0) is 7.05 Å². The predicted molar refractivity (Wildman–Crippen MR) is 89.0 cm³/mol. The number of hydrogen-bond donors (Lipinski definition) is 0. The number of aromatic nitrogens is 3. The summed E-state index contributed by atoms with van der Waals surface area (Å²) in [6, 6.07) is 11.6. The van der Waals surface area contributed by atoms with Gasteiger partial charge >= 0.3 is 0 Å². The van der Waals surface area contributed by atoms with E-state index in [9.17, 15) is 14.9 Å². The molecule has 3 rings (SSSR count). The molecule has 0 unspecified atom stereocenters. The minimum atomic E-state index is -0.438. The third kappa shape index (κ3) is 3.00. The van der Waals surface area contributed by atoms with Crippen LogP contribution < -0.4 is 0 Å². The summed E-state index contributed by atoms with van der Waals surface area (Å²) in [5.74, 6) is -0.147. The fourth-order valence-corrected chi connectivity index (χ4v) is 2.36. The lowest BCUT2D eigenvalue weighted by atomic mass is 10.2.